The van der Waals surface area contributed by atoms with Crippen LogP contribution in [0.3, 0.4) is 0 Å². The highest BCUT2D eigenvalue weighted by Crippen LogP contribution is 2.27. The Kier molecular flexibility index (Phi) is 5.61. The summed E-state index contributed by atoms with van der Waals surface area (Å²) in [6, 6.07) is 0.555. The zero-order chi connectivity index (χ0) is 14.5. The lowest BCUT2D eigenvalue weighted by Gasteiger charge is -2.37. The lowest BCUT2D eigenvalue weighted by Crippen LogP contribution is -2.43. The summed E-state index contributed by atoms with van der Waals surface area (Å²) in [5.74, 6) is 1.02. The normalized spacial score (nSPS) is 17.4. The maximum Gasteiger partial charge on any atom is 0.137 e. The molecule has 0 radical (unpaired) electrons. The third-order valence-corrected chi connectivity index (χ3v) is 4.58. The second kappa shape index (κ2) is 7.23. The molecule has 1 aliphatic rings. The van der Waals surface area contributed by atoms with E-state index in [1.807, 2.05) is 0 Å². The first-order valence-corrected chi connectivity index (χ1v) is 7.99. The van der Waals surface area contributed by atoms with E-state index in [9.17, 15) is 0 Å². The number of likely N-dealkylation sites (tertiary alicyclic amines) is 1. The van der Waals surface area contributed by atoms with Crippen LogP contribution in [-0.4, -0.2) is 47.6 Å². The smallest absolute Gasteiger partial charge is 0.137 e. The third-order valence-electron chi connectivity index (χ3n) is 4.26. The minimum atomic E-state index is 0.555. The van der Waals surface area contributed by atoms with Crippen LogP contribution in [0.25, 0.3) is 0 Å². The summed E-state index contributed by atoms with van der Waals surface area (Å²) >= 11 is 6.25. The van der Waals surface area contributed by atoms with Crippen LogP contribution < -0.4 is 4.90 Å². The van der Waals surface area contributed by atoms with Crippen LogP contribution in [0, 0.1) is 0 Å². The molecule has 0 bridgehead atoms. The minimum absolute atomic E-state index is 0.555. The van der Waals surface area contributed by atoms with E-state index in [4.69, 9.17) is 11.6 Å². The zero-order valence-electron chi connectivity index (χ0n) is 12.8. The predicted octanol–water partition coefficient (Wildman–Crippen LogP) is 3.00. The predicted molar refractivity (Wildman–Crippen MR) is 84.6 cm³/mol. The Morgan fingerprint density at radius 1 is 1.30 bits per heavy atom. The highest BCUT2D eigenvalue weighted by atomic mass is 35.5. The molecule has 1 aliphatic heterocycles. The topological polar surface area (TPSA) is 32.3 Å². The van der Waals surface area contributed by atoms with E-state index in [0.29, 0.717) is 11.2 Å². The summed E-state index contributed by atoms with van der Waals surface area (Å²) in [4.78, 5) is 13.4. The first-order chi connectivity index (χ1) is 9.67. The SMILES string of the molecule is CCCc1c(Cl)ncnc1N(C)C1CCN(CC)CC1. The Bertz CT molecular complexity index is 430. The quantitative estimate of drug-likeness (QED) is 0.782. The van der Waals surface area contributed by atoms with Crippen molar-refractivity contribution in [3.8, 4) is 0 Å². The van der Waals surface area contributed by atoms with Gasteiger partial charge < -0.3 is 9.80 Å². The minimum Gasteiger partial charge on any atom is -0.356 e. The lowest BCUT2D eigenvalue weighted by atomic mass is 10.0. The van der Waals surface area contributed by atoms with E-state index in [1.54, 1.807) is 6.33 Å². The van der Waals surface area contributed by atoms with Gasteiger partial charge in [0.05, 0.1) is 0 Å². The molecule has 0 saturated carbocycles. The molecule has 1 saturated heterocycles. The highest BCUT2D eigenvalue weighted by Gasteiger charge is 2.24. The van der Waals surface area contributed by atoms with Crippen LogP contribution in [0.2, 0.25) is 5.15 Å². The van der Waals surface area contributed by atoms with Gasteiger partial charge in [0.15, 0.2) is 0 Å². The van der Waals surface area contributed by atoms with Crippen LogP contribution >= 0.6 is 11.6 Å². The first kappa shape index (κ1) is 15.5. The van der Waals surface area contributed by atoms with E-state index >= 15 is 0 Å². The van der Waals surface area contributed by atoms with Crippen LogP contribution in [0.4, 0.5) is 5.82 Å². The summed E-state index contributed by atoms with van der Waals surface area (Å²) in [5.41, 5.74) is 1.09. The molecule has 0 atom stereocenters. The molecule has 5 heteroatoms. The molecule has 2 heterocycles. The van der Waals surface area contributed by atoms with Gasteiger partial charge in [0, 0.05) is 31.7 Å². The van der Waals surface area contributed by atoms with Crippen molar-refractivity contribution in [2.24, 2.45) is 0 Å². The van der Waals surface area contributed by atoms with Gasteiger partial charge in [-0.05, 0) is 25.8 Å². The Labute approximate surface area is 127 Å². The Morgan fingerprint density at radius 3 is 2.60 bits per heavy atom. The summed E-state index contributed by atoms with van der Waals surface area (Å²) in [6.45, 7) is 7.89. The standard InChI is InChI=1S/C15H25ClN4/c1-4-6-13-14(16)17-11-18-15(13)19(3)12-7-9-20(5-2)10-8-12/h11-12H,4-10H2,1-3H3. The van der Waals surface area contributed by atoms with Crippen molar-refractivity contribution in [2.45, 2.75) is 45.6 Å². The van der Waals surface area contributed by atoms with Crippen LogP contribution in [-0.2, 0) is 6.42 Å². The van der Waals surface area contributed by atoms with Crippen molar-refractivity contribution in [3.63, 3.8) is 0 Å². The summed E-state index contributed by atoms with van der Waals surface area (Å²) < 4.78 is 0. The van der Waals surface area contributed by atoms with Crippen LogP contribution in [0.5, 0.6) is 0 Å². The molecule has 1 fully saturated rings. The van der Waals surface area contributed by atoms with Crippen LogP contribution in [0.1, 0.15) is 38.7 Å². The zero-order valence-corrected chi connectivity index (χ0v) is 13.5. The summed E-state index contributed by atoms with van der Waals surface area (Å²) in [7, 11) is 2.14. The van der Waals surface area contributed by atoms with E-state index in [2.05, 4.69) is 40.7 Å². The molecular weight excluding hydrogens is 272 g/mol. The molecule has 0 amide bonds. The Morgan fingerprint density at radius 2 is 2.00 bits per heavy atom. The van der Waals surface area contributed by atoms with Crippen molar-refractivity contribution in [3.05, 3.63) is 17.0 Å². The molecule has 20 heavy (non-hydrogen) atoms. The van der Waals surface area contributed by atoms with E-state index in [0.717, 1.165) is 30.8 Å². The van der Waals surface area contributed by atoms with Gasteiger partial charge in [0.25, 0.3) is 0 Å². The van der Waals surface area contributed by atoms with Gasteiger partial charge in [-0.15, -0.1) is 0 Å². The van der Waals surface area contributed by atoms with Crippen molar-refractivity contribution in [2.75, 3.05) is 31.6 Å². The summed E-state index contributed by atoms with van der Waals surface area (Å²) in [6.07, 6.45) is 5.96. The largest absolute Gasteiger partial charge is 0.356 e. The average molecular weight is 297 g/mol. The van der Waals surface area contributed by atoms with Gasteiger partial charge in [-0.3, -0.25) is 0 Å². The van der Waals surface area contributed by atoms with Gasteiger partial charge in [0.2, 0.25) is 0 Å². The number of anilines is 1. The molecule has 1 aromatic rings. The number of aromatic nitrogens is 2. The molecule has 2 rings (SSSR count). The number of halogens is 1. The van der Waals surface area contributed by atoms with E-state index in [-0.39, 0.29) is 0 Å². The third kappa shape index (κ3) is 3.41. The number of piperidine rings is 1. The van der Waals surface area contributed by atoms with Crippen LogP contribution in [0.15, 0.2) is 6.33 Å². The van der Waals surface area contributed by atoms with E-state index < -0.39 is 0 Å². The van der Waals surface area contributed by atoms with E-state index in [1.165, 1.54) is 25.9 Å². The van der Waals surface area contributed by atoms with Crippen molar-refractivity contribution >= 4 is 17.4 Å². The number of nitrogens with zero attached hydrogens (tertiary/aromatic N) is 4. The molecule has 4 nitrogen and oxygen atoms in total. The van der Waals surface area contributed by atoms with Gasteiger partial charge in [-0.25, -0.2) is 9.97 Å². The second-order valence-electron chi connectivity index (χ2n) is 5.49. The van der Waals surface area contributed by atoms with Crippen molar-refractivity contribution in [1.82, 2.24) is 14.9 Å². The Balaban J connectivity index is 2.13. The molecule has 112 valence electrons. The molecule has 1 aromatic heterocycles. The molecule has 0 aromatic carbocycles. The molecule has 0 aliphatic carbocycles. The monoisotopic (exact) mass is 296 g/mol. The maximum absolute atomic E-state index is 6.25. The number of rotatable bonds is 5. The maximum atomic E-state index is 6.25. The fraction of sp³-hybridized carbons (Fsp3) is 0.733. The lowest BCUT2D eigenvalue weighted by molar-refractivity contribution is 0.220. The molecular formula is C15H25ClN4. The first-order valence-electron chi connectivity index (χ1n) is 7.61. The van der Waals surface area contributed by atoms with Gasteiger partial charge in [-0.1, -0.05) is 31.9 Å². The fourth-order valence-electron chi connectivity index (χ4n) is 2.95. The van der Waals surface area contributed by atoms with Crippen molar-refractivity contribution < 1.29 is 0 Å². The van der Waals surface area contributed by atoms with Crippen molar-refractivity contribution in [1.29, 1.82) is 0 Å². The van der Waals surface area contributed by atoms with Gasteiger partial charge >= 0.3 is 0 Å². The number of hydrogen-bond acceptors (Lipinski definition) is 4. The summed E-state index contributed by atoms with van der Waals surface area (Å²) in [5, 5.41) is 0.606. The van der Waals surface area contributed by atoms with Gasteiger partial charge in [0.1, 0.15) is 17.3 Å². The van der Waals surface area contributed by atoms with Gasteiger partial charge in [-0.2, -0.15) is 0 Å². The molecule has 0 N–H and O–H groups in total. The fourth-order valence-corrected chi connectivity index (χ4v) is 3.17. The average Bonchev–Trinajstić information content (AvgIpc) is 2.49. The molecule has 0 spiro atoms. The Hall–Kier alpha value is -0.870. The number of hydrogen-bond donors (Lipinski definition) is 0. The highest BCUT2D eigenvalue weighted by molar-refractivity contribution is 6.30. The molecule has 0 unspecified atom stereocenters. The second-order valence-corrected chi connectivity index (χ2v) is 5.85.